The first-order valence-corrected chi connectivity index (χ1v) is 8.84. The number of hydrogen-bond acceptors (Lipinski definition) is 5. The number of aromatic nitrogens is 1. The van der Waals surface area contributed by atoms with Gasteiger partial charge in [0.25, 0.3) is 5.91 Å². The number of sulfone groups is 1. The molecule has 0 radical (unpaired) electrons. The highest BCUT2D eigenvalue weighted by Gasteiger charge is 2.28. The van der Waals surface area contributed by atoms with Gasteiger partial charge in [-0.1, -0.05) is 6.07 Å². The zero-order chi connectivity index (χ0) is 16.3. The fraction of sp³-hybridized carbons (Fsp3) is 0.500. The van der Waals surface area contributed by atoms with Crippen LogP contribution in [0.15, 0.2) is 18.2 Å². The molecule has 7 nitrogen and oxygen atoms in total. The number of aryl methyl sites for hydroxylation is 1. The lowest BCUT2D eigenvalue weighted by atomic mass is 10.2. The molecule has 1 N–H and O–H groups in total. The van der Waals surface area contributed by atoms with Gasteiger partial charge in [0, 0.05) is 18.8 Å². The lowest BCUT2D eigenvalue weighted by Crippen LogP contribution is -2.51. The Kier molecular flexibility index (Phi) is 4.80. The maximum absolute atomic E-state index is 12.2. The van der Waals surface area contributed by atoms with Crippen LogP contribution in [0.1, 0.15) is 23.1 Å². The molecule has 8 heteroatoms. The van der Waals surface area contributed by atoms with Gasteiger partial charge in [0.2, 0.25) is 5.91 Å². The van der Waals surface area contributed by atoms with E-state index in [0.717, 1.165) is 0 Å². The number of hydrogen-bond donors (Lipinski definition) is 1. The summed E-state index contributed by atoms with van der Waals surface area (Å²) >= 11 is 0. The van der Waals surface area contributed by atoms with Gasteiger partial charge in [0.05, 0.1) is 11.5 Å². The van der Waals surface area contributed by atoms with Crippen molar-refractivity contribution in [2.45, 2.75) is 19.9 Å². The monoisotopic (exact) mass is 325 g/mol. The first kappa shape index (κ1) is 16.4. The van der Waals surface area contributed by atoms with Crippen molar-refractivity contribution in [3.05, 3.63) is 29.6 Å². The Balaban J connectivity index is 1.95. The molecule has 0 spiro atoms. The highest BCUT2D eigenvalue weighted by atomic mass is 32.2. The average Bonchev–Trinajstić information content (AvgIpc) is 2.46. The standard InChI is InChI=1S/C14H19N3O4S/c1-10-4-3-5-12(15-10)13(18)16-11(2)14(19)17-6-8-22(20,21)9-7-17/h3-5,11H,6-9H2,1-2H3,(H,16,18). The Hall–Kier alpha value is -1.96. The Morgan fingerprint density at radius 3 is 2.50 bits per heavy atom. The van der Waals surface area contributed by atoms with Crippen LogP contribution in [0.3, 0.4) is 0 Å². The third-order valence-corrected chi connectivity index (χ3v) is 5.10. The van der Waals surface area contributed by atoms with Crippen LogP contribution in [-0.2, 0) is 14.6 Å². The molecule has 2 heterocycles. The minimum atomic E-state index is -3.04. The molecule has 1 aromatic heterocycles. The molecule has 2 rings (SSSR count). The number of nitrogens with zero attached hydrogens (tertiary/aromatic N) is 2. The van der Waals surface area contributed by atoms with Gasteiger partial charge < -0.3 is 10.2 Å². The van der Waals surface area contributed by atoms with Gasteiger partial charge in [-0.25, -0.2) is 13.4 Å². The van der Waals surface area contributed by atoms with Crippen molar-refractivity contribution in [3.8, 4) is 0 Å². The number of carbonyl (C=O) groups excluding carboxylic acids is 2. The van der Waals surface area contributed by atoms with Crippen molar-refractivity contribution >= 4 is 21.7 Å². The molecule has 22 heavy (non-hydrogen) atoms. The van der Waals surface area contributed by atoms with Gasteiger partial charge >= 0.3 is 0 Å². The number of amides is 2. The molecule has 1 atom stereocenters. The molecule has 1 fully saturated rings. The molecule has 1 saturated heterocycles. The lowest BCUT2D eigenvalue weighted by molar-refractivity contribution is -0.132. The summed E-state index contributed by atoms with van der Waals surface area (Å²) in [6.45, 7) is 3.70. The van der Waals surface area contributed by atoms with Crippen molar-refractivity contribution in [1.29, 1.82) is 0 Å². The topological polar surface area (TPSA) is 96.4 Å². The number of rotatable bonds is 3. The SMILES string of the molecule is Cc1cccc(C(=O)NC(C)C(=O)N2CCS(=O)(=O)CC2)n1. The van der Waals surface area contributed by atoms with E-state index >= 15 is 0 Å². The van der Waals surface area contributed by atoms with Crippen LogP contribution in [-0.4, -0.2) is 60.8 Å². The molecule has 120 valence electrons. The lowest BCUT2D eigenvalue weighted by Gasteiger charge is -2.29. The minimum Gasteiger partial charge on any atom is -0.339 e. The molecule has 0 bridgehead atoms. The van der Waals surface area contributed by atoms with E-state index in [1.54, 1.807) is 32.0 Å². The van der Waals surface area contributed by atoms with E-state index in [-0.39, 0.29) is 36.2 Å². The third-order valence-electron chi connectivity index (χ3n) is 3.50. The summed E-state index contributed by atoms with van der Waals surface area (Å²) in [7, 11) is -3.04. The molecule has 0 saturated carbocycles. The Bertz CT molecular complexity index is 673. The highest BCUT2D eigenvalue weighted by Crippen LogP contribution is 2.06. The molecule has 0 aromatic carbocycles. The summed E-state index contributed by atoms with van der Waals surface area (Å²) in [5.41, 5.74) is 0.966. The van der Waals surface area contributed by atoms with E-state index in [9.17, 15) is 18.0 Å². The molecular weight excluding hydrogens is 306 g/mol. The maximum atomic E-state index is 12.2. The van der Waals surface area contributed by atoms with Gasteiger partial charge in [-0.05, 0) is 26.0 Å². The van der Waals surface area contributed by atoms with Crippen molar-refractivity contribution < 1.29 is 18.0 Å². The summed E-state index contributed by atoms with van der Waals surface area (Å²) < 4.78 is 22.7. The van der Waals surface area contributed by atoms with Crippen LogP contribution < -0.4 is 5.32 Å². The minimum absolute atomic E-state index is 0.0289. The highest BCUT2D eigenvalue weighted by molar-refractivity contribution is 7.91. The van der Waals surface area contributed by atoms with Crippen LogP contribution in [0.2, 0.25) is 0 Å². The van der Waals surface area contributed by atoms with E-state index in [1.165, 1.54) is 4.90 Å². The normalized spacial score (nSPS) is 18.5. The van der Waals surface area contributed by atoms with Crippen molar-refractivity contribution in [3.63, 3.8) is 0 Å². The average molecular weight is 325 g/mol. The van der Waals surface area contributed by atoms with Crippen molar-refractivity contribution in [1.82, 2.24) is 15.2 Å². The smallest absolute Gasteiger partial charge is 0.270 e. The zero-order valence-corrected chi connectivity index (χ0v) is 13.4. The summed E-state index contributed by atoms with van der Waals surface area (Å²) in [6, 6.07) is 4.35. The van der Waals surface area contributed by atoms with Gasteiger partial charge in [-0.3, -0.25) is 9.59 Å². The number of carbonyl (C=O) groups is 2. The van der Waals surface area contributed by atoms with Crippen molar-refractivity contribution in [2.24, 2.45) is 0 Å². The maximum Gasteiger partial charge on any atom is 0.270 e. The second-order valence-corrected chi connectivity index (χ2v) is 7.64. The van der Waals surface area contributed by atoms with Gasteiger partial charge in [-0.15, -0.1) is 0 Å². The predicted molar refractivity (Wildman–Crippen MR) is 81.1 cm³/mol. The number of nitrogens with one attached hydrogen (secondary N) is 1. The van der Waals surface area contributed by atoms with Crippen LogP contribution in [0.4, 0.5) is 0 Å². The number of pyridine rings is 1. The van der Waals surface area contributed by atoms with Crippen LogP contribution in [0, 0.1) is 6.92 Å². The second kappa shape index (κ2) is 6.43. The van der Waals surface area contributed by atoms with Crippen molar-refractivity contribution in [2.75, 3.05) is 24.6 Å². The van der Waals surface area contributed by atoms with Gasteiger partial charge in [0.1, 0.15) is 11.7 Å². The summed E-state index contributed by atoms with van der Waals surface area (Å²) in [5.74, 6) is -0.761. The van der Waals surface area contributed by atoms with E-state index in [1.807, 2.05) is 0 Å². The summed E-state index contributed by atoms with van der Waals surface area (Å²) in [6.07, 6.45) is 0. The molecule has 1 aromatic rings. The predicted octanol–water partition coefficient (Wildman–Crippen LogP) is -0.235. The molecule has 0 aliphatic carbocycles. The fourth-order valence-electron chi connectivity index (χ4n) is 2.21. The van der Waals surface area contributed by atoms with Gasteiger partial charge in [-0.2, -0.15) is 0 Å². The van der Waals surface area contributed by atoms with Crippen LogP contribution >= 0.6 is 0 Å². The van der Waals surface area contributed by atoms with Gasteiger partial charge in [0.15, 0.2) is 9.84 Å². The van der Waals surface area contributed by atoms with E-state index < -0.39 is 21.8 Å². The molecule has 1 aliphatic heterocycles. The van der Waals surface area contributed by atoms with E-state index in [2.05, 4.69) is 10.3 Å². The Morgan fingerprint density at radius 2 is 1.91 bits per heavy atom. The molecular formula is C14H19N3O4S. The first-order valence-electron chi connectivity index (χ1n) is 7.02. The van der Waals surface area contributed by atoms with E-state index in [0.29, 0.717) is 5.69 Å². The Labute approximate surface area is 129 Å². The largest absolute Gasteiger partial charge is 0.339 e. The Morgan fingerprint density at radius 1 is 1.27 bits per heavy atom. The molecule has 1 unspecified atom stereocenters. The first-order chi connectivity index (χ1) is 10.3. The third kappa shape index (κ3) is 4.03. The summed E-state index contributed by atoms with van der Waals surface area (Å²) in [4.78, 5) is 29.9. The second-order valence-electron chi connectivity index (χ2n) is 5.34. The summed E-state index contributed by atoms with van der Waals surface area (Å²) in [5, 5.41) is 2.60. The fourth-order valence-corrected chi connectivity index (χ4v) is 3.41. The van der Waals surface area contributed by atoms with Crippen LogP contribution in [0.5, 0.6) is 0 Å². The van der Waals surface area contributed by atoms with E-state index in [4.69, 9.17) is 0 Å². The quantitative estimate of drug-likeness (QED) is 0.828. The molecule has 1 aliphatic rings. The van der Waals surface area contributed by atoms with Crippen LogP contribution in [0.25, 0.3) is 0 Å². The molecule has 2 amide bonds. The zero-order valence-electron chi connectivity index (χ0n) is 12.6.